The molecular formula is C15H30N2O. The standard InChI is InChI=1S/C15H30N2O/c1-2-6-14-8-3-4-9-17(14)15(11-16)13-7-5-10-18-12-13/h13-15H,2-12,16H2,1H3. The molecule has 2 N–H and O–H groups in total. The first-order valence-electron chi connectivity index (χ1n) is 7.90. The van der Waals surface area contributed by atoms with E-state index in [1.54, 1.807) is 0 Å². The number of hydrogen-bond acceptors (Lipinski definition) is 3. The van der Waals surface area contributed by atoms with Crippen molar-refractivity contribution in [2.24, 2.45) is 11.7 Å². The molecule has 2 fully saturated rings. The Bertz CT molecular complexity index is 216. The summed E-state index contributed by atoms with van der Waals surface area (Å²) in [5.41, 5.74) is 6.10. The summed E-state index contributed by atoms with van der Waals surface area (Å²) in [5.74, 6) is 0.668. The van der Waals surface area contributed by atoms with Crippen LogP contribution in [0.1, 0.15) is 51.9 Å². The quantitative estimate of drug-likeness (QED) is 0.819. The van der Waals surface area contributed by atoms with E-state index >= 15 is 0 Å². The van der Waals surface area contributed by atoms with Gasteiger partial charge in [0.2, 0.25) is 0 Å². The van der Waals surface area contributed by atoms with Gasteiger partial charge in [-0.05, 0) is 44.6 Å². The van der Waals surface area contributed by atoms with Crippen LogP contribution in [-0.2, 0) is 4.74 Å². The lowest BCUT2D eigenvalue weighted by Gasteiger charge is -2.45. The molecule has 0 radical (unpaired) electrons. The third kappa shape index (κ3) is 3.46. The fourth-order valence-electron chi connectivity index (χ4n) is 3.77. The predicted molar refractivity (Wildman–Crippen MR) is 75.6 cm³/mol. The van der Waals surface area contributed by atoms with Crippen molar-refractivity contribution < 1.29 is 4.74 Å². The molecule has 0 amide bonds. The van der Waals surface area contributed by atoms with Crippen molar-refractivity contribution in [2.45, 2.75) is 64.0 Å². The molecule has 2 aliphatic rings. The molecule has 3 heteroatoms. The second-order valence-electron chi connectivity index (χ2n) is 5.96. The molecule has 2 saturated heterocycles. The first-order valence-corrected chi connectivity index (χ1v) is 7.90. The Morgan fingerprint density at radius 1 is 1.28 bits per heavy atom. The van der Waals surface area contributed by atoms with Crippen LogP contribution in [0.3, 0.4) is 0 Å². The summed E-state index contributed by atoms with van der Waals surface area (Å²) in [5, 5.41) is 0. The highest BCUT2D eigenvalue weighted by molar-refractivity contribution is 4.88. The highest BCUT2D eigenvalue weighted by Gasteiger charge is 2.33. The monoisotopic (exact) mass is 254 g/mol. The van der Waals surface area contributed by atoms with Crippen LogP contribution in [0.25, 0.3) is 0 Å². The highest BCUT2D eigenvalue weighted by atomic mass is 16.5. The topological polar surface area (TPSA) is 38.5 Å². The second kappa shape index (κ2) is 7.46. The zero-order valence-corrected chi connectivity index (χ0v) is 11.9. The minimum Gasteiger partial charge on any atom is -0.381 e. The van der Waals surface area contributed by atoms with E-state index < -0.39 is 0 Å². The van der Waals surface area contributed by atoms with Crippen molar-refractivity contribution in [1.29, 1.82) is 0 Å². The summed E-state index contributed by atoms with van der Waals surface area (Å²) in [6.45, 7) is 6.23. The smallest absolute Gasteiger partial charge is 0.0509 e. The van der Waals surface area contributed by atoms with Crippen LogP contribution < -0.4 is 5.73 Å². The van der Waals surface area contributed by atoms with E-state index in [1.165, 1.54) is 51.5 Å². The summed E-state index contributed by atoms with van der Waals surface area (Å²) in [6.07, 6.45) is 9.27. The van der Waals surface area contributed by atoms with E-state index in [-0.39, 0.29) is 0 Å². The summed E-state index contributed by atoms with van der Waals surface area (Å²) in [7, 11) is 0. The molecule has 3 nitrogen and oxygen atoms in total. The number of piperidine rings is 1. The maximum Gasteiger partial charge on any atom is 0.0509 e. The van der Waals surface area contributed by atoms with Crippen LogP contribution in [0.5, 0.6) is 0 Å². The Morgan fingerprint density at radius 3 is 2.83 bits per heavy atom. The fraction of sp³-hybridized carbons (Fsp3) is 1.00. The predicted octanol–water partition coefficient (Wildman–Crippen LogP) is 2.39. The summed E-state index contributed by atoms with van der Waals surface area (Å²) in [4.78, 5) is 2.73. The van der Waals surface area contributed by atoms with E-state index in [0.717, 1.165) is 25.8 Å². The molecule has 3 atom stereocenters. The fourth-order valence-corrected chi connectivity index (χ4v) is 3.77. The van der Waals surface area contributed by atoms with E-state index in [4.69, 9.17) is 10.5 Å². The Balaban J connectivity index is 1.98. The van der Waals surface area contributed by atoms with Gasteiger partial charge in [0.25, 0.3) is 0 Å². The van der Waals surface area contributed by atoms with E-state index in [9.17, 15) is 0 Å². The van der Waals surface area contributed by atoms with Crippen LogP contribution in [-0.4, -0.2) is 43.3 Å². The largest absolute Gasteiger partial charge is 0.381 e. The SMILES string of the molecule is CCCC1CCCCN1C(CN)C1CCCOC1. The minimum absolute atomic E-state index is 0.558. The molecule has 0 aromatic carbocycles. The molecule has 0 aromatic rings. The first kappa shape index (κ1) is 14.3. The molecule has 0 aliphatic carbocycles. The number of ether oxygens (including phenoxy) is 1. The molecule has 2 heterocycles. The van der Waals surface area contributed by atoms with E-state index in [1.807, 2.05) is 0 Å². The normalized spacial score (nSPS) is 32.3. The van der Waals surface area contributed by atoms with Gasteiger partial charge < -0.3 is 10.5 Å². The summed E-state index contributed by atoms with van der Waals surface area (Å²) < 4.78 is 5.67. The third-order valence-corrected chi connectivity index (χ3v) is 4.70. The number of rotatable bonds is 5. The average Bonchev–Trinajstić information content (AvgIpc) is 2.43. The lowest BCUT2D eigenvalue weighted by atomic mass is 9.88. The van der Waals surface area contributed by atoms with Crippen LogP contribution in [0.2, 0.25) is 0 Å². The van der Waals surface area contributed by atoms with Crippen LogP contribution in [0.15, 0.2) is 0 Å². The molecule has 3 unspecified atom stereocenters. The molecule has 18 heavy (non-hydrogen) atoms. The van der Waals surface area contributed by atoms with Crippen LogP contribution >= 0.6 is 0 Å². The molecular weight excluding hydrogens is 224 g/mol. The van der Waals surface area contributed by atoms with Crippen molar-refractivity contribution in [1.82, 2.24) is 4.90 Å². The lowest BCUT2D eigenvalue weighted by molar-refractivity contribution is -0.0117. The summed E-state index contributed by atoms with van der Waals surface area (Å²) >= 11 is 0. The van der Waals surface area contributed by atoms with Crippen molar-refractivity contribution in [3.63, 3.8) is 0 Å². The molecule has 0 aromatic heterocycles. The first-order chi connectivity index (χ1) is 8.86. The van der Waals surface area contributed by atoms with Crippen molar-refractivity contribution in [2.75, 3.05) is 26.3 Å². The van der Waals surface area contributed by atoms with Gasteiger partial charge in [0.05, 0.1) is 6.61 Å². The van der Waals surface area contributed by atoms with Gasteiger partial charge in [-0.3, -0.25) is 4.90 Å². The van der Waals surface area contributed by atoms with Gasteiger partial charge in [-0.1, -0.05) is 19.8 Å². The second-order valence-corrected chi connectivity index (χ2v) is 5.96. The number of hydrogen-bond donors (Lipinski definition) is 1. The Morgan fingerprint density at radius 2 is 2.17 bits per heavy atom. The van der Waals surface area contributed by atoms with Crippen molar-refractivity contribution in [3.05, 3.63) is 0 Å². The van der Waals surface area contributed by atoms with E-state index in [2.05, 4.69) is 11.8 Å². The third-order valence-electron chi connectivity index (χ3n) is 4.70. The van der Waals surface area contributed by atoms with Gasteiger partial charge in [0, 0.05) is 25.2 Å². The molecule has 0 saturated carbocycles. The summed E-state index contributed by atoms with van der Waals surface area (Å²) in [6, 6.07) is 1.33. The lowest BCUT2D eigenvalue weighted by Crippen LogP contribution is -2.54. The maximum atomic E-state index is 6.10. The zero-order chi connectivity index (χ0) is 12.8. The van der Waals surface area contributed by atoms with Gasteiger partial charge in [-0.2, -0.15) is 0 Å². The van der Waals surface area contributed by atoms with E-state index in [0.29, 0.717) is 12.0 Å². The number of nitrogens with zero attached hydrogens (tertiary/aromatic N) is 1. The molecule has 106 valence electrons. The minimum atomic E-state index is 0.558. The van der Waals surface area contributed by atoms with Crippen LogP contribution in [0.4, 0.5) is 0 Å². The van der Waals surface area contributed by atoms with Gasteiger partial charge in [-0.15, -0.1) is 0 Å². The molecule has 2 aliphatic heterocycles. The molecule has 0 spiro atoms. The van der Waals surface area contributed by atoms with Gasteiger partial charge in [0.15, 0.2) is 0 Å². The molecule has 0 bridgehead atoms. The molecule has 2 rings (SSSR count). The Kier molecular flexibility index (Phi) is 5.93. The van der Waals surface area contributed by atoms with Gasteiger partial charge in [0.1, 0.15) is 0 Å². The number of nitrogens with two attached hydrogens (primary N) is 1. The highest BCUT2D eigenvalue weighted by Crippen LogP contribution is 2.28. The van der Waals surface area contributed by atoms with Gasteiger partial charge in [-0.25, -0.2) is 0 Å². The van der Waals surface area contributed by atoms with Crippen molar-refractivity contribution >= 4 is 0 Å². The van der Waals surface area contributed by atoms with Gasteiger partial charge >= 0.3 is 0 Å². The Hall–Kier alpha value is -0.120. The Labute approximate surface area is 112 Å². The zero-order valence-electron chi connectivity index (χ0n) is 11.9. The van der Waals surface area contributed by atoms with Crippen LogP contribution in [0, 0.1) is 5.92 Å². The maximum absolute atomic E-state index is 6.10. The average molecular weight is 254 g/mol. The number of likely N-dealkylation sites (tertiary alicyclic amines) is 1. The van der Waals surface area contributed by atoms with Crippen molar-refractivity contribution in [3.8, 4) is 0 Å².